The molecule has 0 aromatic heterocycles. The second-order valence-electron chi connectivity index (χ2n) is 7.18. The fourth-order valence-corrected chi connectivity index (χ4v) is 4.42. The molecule has 1 N–H and O–H groups in total. The molecule has 0 aliphatic carbocycles. The van der Waals surface area contributed by atoms with Crippen LogP contribution in [0.4, 0.5) is 0 Å². The third kappa shape index (κ3) is 2.84. The molecule has 2 aliphatic heterocycles. The summed E-state index contributed by atoms with van der Waals surface area (Å²) < 4.78 is 5.66. The molecule has 0 bridgehead atoms. The molecule has 3 heteroatoms. The van der Waals surface area contributed by atoms with Crippen molar-refractivity contribution in [2.45, 2.75) is 25.8 Å². The minimum Gasteiger partial charge on any atom is -0.496 e. The first-order chi connectivity index (χ1) is 11.3. The highest BCUT2D eigenvalue weighted by Gasteiger charge is 2.38. The van der Waals surface area contributed by atoms with Crippen LogP contribution in [0, 0.1) is 5.41 Å². The molecule has 0 atom stereocenters. The number of rotatable bonds is 3. The second kappa shape index (κ2) is 6.14. The molecule has 2 heterocycles. The third-order valence-corrected chi connectivity index (χ3v) is 5.78. The number of nitrogens with one attached hydrogen (secondary N) is 1. The molecule has 2 fully saturated rings. The van der Waals surface area contributed by atoms with Crippen LogP contribution >= 0.6 is 0 Å². The summed E-state index contributed by atoms with van der Waals surface area (Å²) in [6.45, 7) is 5.82. The summed E-state index contributed by atoms with van der Waals surface area (Å²) in [5.41, 5.74) is 1.90. The van der Waals surface area contributed by atoms with Gasteiger partial charge in [0.05, 0.1) is 7.11 Å². The summed E-state index contributed by atoms with van der Waals surface area (Å²) in [6, 6.07) is 12.9. The third-order valence-electron chi connectivity index (χ3n) is 5.78. The Morgan fingerprint density at radius 3 is 2.74 bits per heavy atom. The lowest BCUT2D eigenvalue weighted by Crippen LogP contribution is -2.38. The van der Waals surface area contributed by atoms with Gasteiger partial charge in [0.25, 0.3) is 0 Å². The van der Waals surface area contributed by atoms with Crippen molar-refractivity contribution in [2.75, 3.05) is 33.3 Å². The van der Waals surface area contributed by atoms with E-state index in [4.69, 9.17) is 4.74 Å². The van der Waals surface area contributed by atoms with Crippen molar-refractivity contribution < 1.29 is 4.74 Å². The van der Waals surface area contributed by atoms with Crippen LogP contribution in [0.3, 0.4) is 0 Å². The largest absolute Gasteiger partial charge is 0.496 e. The van der Waals surface area contributed by atoms with Gasteiger partial charge < -0.3 is 10.1 Å². The molecule has 0 saturated carbocycles. The van der Waals surface area contributed by atoms with Crippen molar-refractivity contribution in [1.29, 1.82) is 0 Å². The zero-order chi connectivity index (χ0) is 15.7. The molecule has 3 nitrogen and oxygen atoms in total. The van der Waals surface area contributed by atoms with Crippen molar-refractivity contribution in [3.05, 3.63) is 42.0 Å². The van der Waals surface area contributed by atoms with Crippen LogP contribution in [-0.2, 0) is 6.54 Å². The number of ether oxygens (including phenoxy) is 1. The number of likely N-dealkylation sites (tertiary alicyclic amines) is 1. The number of hydrogen-bond donors (Lipinski definition) is 1. The van der Waals surface area contributed by atoms with Crippen LogP contribution in [0.5, 0.6) is 5.75 Å². The number of piperidine rings is 1. The number of hydrogen-bond acceptors (Lipinski definition) is 3. The summed E-state index contributed by atoms with van der Waals surface area (Å²) in [6.07, 6.45) is 4.01. The maximum Gasteiger partial charge on any atom is 0.123 e. The van der Waals surface area contributed by atoms with E-state index in [-0.39, 0.29) is 0 Å². The van der Waals surface area contributed by atoms with Crippen LogP contribution < -0.4 is 10.1 Å². The summed E-state index contributed by atoms with van der Waals surface area (Å²) in [5, 5.41) is 6.14. The highest BCUT2D eigenvalue weighted by atomic mass is 16.5. The Hall–Kier alpha value is -1.58. The predicted octanol–water partition coefficient (Wildman–Crippen LogP) is 3.42. The lowest BCUT2D eigenvalue weighted by atomic mass is 9.78. The minimum absolute atomic E-state index is 0.559. The quantitative estimate of drug-likeness (QED) is 0.940. The van der Waals surface area contributed by atoms with Gasteiger partial charge in [-0.25, -0.2) is 0 Å². The maximum atomic E-state index is 5.66. The minimum atomic E-state index is 0.559. The van der Waals surface area contributed by atoms with Gasteiger partial charge >= 0.3 is 0 Å². The van der Waals surface area contributed by atoms with Crippen LogP contribution in [0.2, 0.25) is 0 Å². The fourth-order valence-electron chi connectivity index (χ4n) is 4.42. The summed E-state index contributed by atoms with van der Waals surface area (Å²) in [7, 11) is 1.78. The summed E-state index contributed by atoms with van der Waals surface area (Å²) in [5.74, 6) is 1.02. The first kappa shape index (κ1) is 15.0. The van der Waals surface area contributed by atoms with Gasteiger partial charge in [-0.1, -0.05) is 30.3 Å². The fraction of sp³-hybridized carbons (Fsp3) is 0.500. The average molecular weight is 310 g/mol. The number of nitrogens with zero attached hydrogens (tertiary/aromatic N) is 1. The molecule has 2 saturated heterocycles. The zero-order valence-corrected chi connectivity index (χ0v) is 14.0. The van der Waals surface area contributed by atoms with E-state index in [1.807, 2.05) is 0 Å². The standard InChI is InChI=1S/C20H26N2O/c1-23-19-7-6-16-4-2-3-5-17(16)18(19)14-22-13-10-20(15-22)8-11-21-12-9-20/h2-7,21H,8-15H2,1H3. The maximum absolute atomic E-state index is 5.66. The van der Waals surface area contributed by atoms with Gasteiger partial charge in [-0.3, -0.25) is 4.90 Å². The van der Waals surface area contributed by atoms with Crippen molar-refractivity contribution >= 4 is 10.8 Å². The summed E-state index contributed by atoms with van der Waals surface area (Å²) in [4.78, 5) is 2.63. The lowest BCUT2D eigenvalue weighted by molar-refractivity contribution is 0.193. The number of fused-ring (bicyclic) bond motifs is 1. The first-order valence-corrected chi connectivity index (χ1v) is 8.77. The molecule has 0 amide bonds. The normalized spacial score (nSPS) is 21.1. The molecule has 4 rings (SSSR count). The Bertz CT molecular complexity index is 691. The van der Waals surface area contributed by atoms with E-state index in [2.05, 4.69) is 46.6 Å². The number of benzene rings is 2. The van der Waals surface area contributed by atoms with E-state index in [0.717, 1.165) is 12.3 Å². The van der Waals surface area contributed by atoms with Gasteiger partial charge in [0.2, 0.25) is 0 Å². The molecule has 2 aliphatic rings. The predicted molar refractivity (Wildman–Crippen MR) is 94.9 cm³/mol. The first-order valence-electron chi connectivity index (χ1n) is 8.77. The molecule has 0 radical (unpaired) electrons. The van der Waals surface area contributed by atoms with E-state index < -0.39 is 0 Å². The molecule has 122 valence electrons. The highest BCUT2D eigenvalue weighted by molar-refractivity contribution is 5.87. The van der Waals surface area contributed by atoms with E-state index in [9.17, 15) is 0 Å². The van der Waals surface area contributed by atoms with Crippen LogP contribution in [0.25, 0.3) is 10.8 Å². The topological polar surface area (TPSA) is 24.5 Å². The van der Waals surface area contributed by atoms with Crippen molar-refractivity contribution in [2.24, 2.45) is 5.41 Å². The Kier molecular flexibility index (Phi) is 4.00. The molecule has 2 aromatic rings. The van der Waals surface area contributed by atoms with Gasteiger partial charge in [0, 0.05) is 18.7 Å². The van der Waals surface area contributed by atoms with E-state index in [1.54, 1.807) is 7.11 Å². The van der Waals surface area contributed by atoms with E-state index >= 15 is 0 Å². The van der Waals surface area contributed by atoms with Gasteiger partial charge in [0.1, 0.15) is 5.75 Å². The van der Waals surface area contributed by atoms with Gasteiger partial charge in [-0.2, -0.15) is 0 Å². The second-order valence-corrected chi connectivity index (χ2v) is 7.18. The van der Waals surface area contributed by atoms with Gasteiger partial charge in [-0.15, -0.1) is 0 Å². The molecule has 23 heavy (non-hydrogen) atoms. The number of methoxy groups -OCH3 is 1. The average Bonchev–Trinajstić information content (AvgIpc) is 2.98. The van der Waals surface area contributed by atoms with Crippen LogP contribution in [0.15, 0.2) is 36.4 Å². The Morgan fingerprint density at radius 2 is 1.91 bits per heavy atom. The summed E-state index contributed by atoms with van der Waals surface area (Å²) >= 11 is 0. The van der Waals surface area contributed by atoms with Crippen LogP contribution in [-0.4, -0.2) is 38.2 Å². The molecule has 0 unspecified atom stereocenters. The van der Waals surface area contributed by atoms with Crippen LogP contribution in [0.1, 0.15) is 24.8 Å². The van der Waals surface area contributed by atoms with Gasteiger partial charge in [-0.05, 0) is 61.2 Å². The Morgan fingerprint density at radius 1 is 1.09 bits per heavy atom. The van der Waals surface area contributed by atoms with Crippen molar-refractivity contribution in [3.63, 3.8) is 0 Å². The molecule has 1 spiro atoms. The smallest absolute Gasteiger partial charge is 0.123 e. The lowest BCUT2D eigenvalue weighted by Gasteiger charge is -2.34. The Labute approximate surface area is 138 Å². The van der Waals surface area contributed by atoms with Crippen molar-refractivity contribution in [3.8, 4) is 5.75 Å². The Balaban J connectivity index is 1.60. The SMILES string of the molecule is COc1ccc2ccccc2c1CN1CCC2(CCNCC2)C1. The molecular formula is C20H26N2O. The monoisotopic (exact) mass is 310 g/mol. The van der Waals surface area contributed by atoms with Crippen molar-refractivity contribution in [1.82, 2.24) is 10.2 Å². The molecular weight excluding hydrogens is 284 g/mol. The zero-order valence-electron chi connectivity index (χ0n) is 14.0. The van der Waals surface area contributed by atoms with Gasteiger partial charge in [0.15, 0.2) is 0 Å². The highest BCUT2D eigenvalue weighted by Crippen LogP contribution is 2.40. The van der Waals surface area contributed by atoms with E-state index in [0.29, 0.717) is 5.41 Å². The molecule has 2 aromatic carbocycles. The van der Waals surface area contributed by atoms with E-state index in [1.165, 1.54) is 61.8 Å².